The number of ketones is 1. The largest absolute Gasteiger partial charge is 0.399 e. The Balaban J connectivity index is 2.17. The van der Waals surface area contributed by atoms with Gasteiger partial charge < -0.3 is 5.73 Å². The second-order valence-corrected chi connectivity index (χ2v) is 6.76. The van der Waals surface area contributed by atoms with Gasteiger partial charge in [-0.1, -0.05) is 32.9 Å². The molecule has 3 rings (SSSR count). The van der Waals surface area contributed by atoms with E-state index in [-0.39, 0.29) is 16.2 Å². The number of carbonyl (C=O) groups excluding carboxylic acids is 1. The zero-order chi connectivity index (χ0) is 13.2. The minimum Gasteiger partial charge on any atom is -0.399 e. The predicted molar refractivity (Wildman–Crippen MR) is 73.3 cm³/mol. The van der Waals surface area contributed by atoms with Gasteiger partial charge in [0.1, 0.15) is 5.78 Å². The van der Waals surface area contributed by atoms with Crippen molar-refractivity contribution in [2.24, 2.45) is 10.8 Å². The summed E-state index contributed by atoms with van der Waals surface area (Å²) in [6.07, 6.45) is 2.83. The van der Waals surface area contributed by atoms with E-state index in [1.165, 1.54) is 5.56 Å². The number of Topliss-reactive ketones (excluding diaryl/α,β-unsaturated/α-hetero) is 1. The molecule has 2 unspecified atom stereocenters. The zero-order valence-electron chi connectivity index (χ0n) is 11.4. The first kappa shape index (κ1) is 11.8. The van der Waals surface area contributed by atoms with Crippen LogP contribution in [0.4, 0.5) is 5.69 Å². The van der Waals surface area contributed by atoms with Crippen LogP contribution in [-0.4, -0.2) is 5.78 Å². The zero-order valence-corrected chi connectivity index (χ0v) is 11.4. The van der Waals surface area contributed by atoms with Gasteiger partial charge in [-0.05, 0) is 36.0 Å². The Bertz CT molecular complexity index is 516. The van der Waals surface area contributed by atoms with Gasteiger partial charge >= 0.3 is 0 Å². The summed E-state index contributed by atoms with van der Waals surface area (Å²) < 4.78 is 0. The third kappa shape index (κ3) is 1.07. The van der Waals surface area contributed by atoms with Gasteiger partial charge in [0.2, 0.25) is 0 Å². The number of anilines is 1. The van der Waals surface area contributed by atoms with Crippen LogP contribution in [0.5, 0.6) is 0 Å². The molecule has 0 saturated heterocycles. The highest BCUT2D eigenvalue weighted by Crippen LogP contribution is 2.70. The molecule has 2 aliphatic carbocycles. The molecule has 2 saturated carbocycles. The monoisotopic (exact) mass is 243 g/mol. The van der Waals surface area contributed by atoms with Crippen molar-refractivity contribution in [1.82, 2.24) is 0 Å². The van der Waals surface area contributed by atoms with Gasteiger partial charge in [0.15, 0.2) is 0 Å². The summed E-state index contributed by atoms with van der Waals surface area (Å²) in [5, 5.41) is 0. The van der Waals surface area contributed by atoms with Crippen LogP contribution in [0.15, 0.2) is 24.3 Å². The van der Waals surface area contributed by atoms with E-state index in [1.54, 1.807) is 0 Å². The molecule has 2 bridgehead atoms. The number of nitrogens with two attached hydrogens (primary N) is 1. The molecule has 18 heavy (non-hydrogen) atoms. The summed E-state index contributed by atoms with van der Waals surface area (Å²) in [7, 11) is 0. The summed E-state index contributed by atoms with van der Waals surface area (Å²) in [5.41, 5.74) is 7.76. The van der Waals surface area contributed by atoms with Crippen LogP contribution in [0.25, 0.3) is 0 Å². The number of carbonyl (C=O) groups is 1. The molecule has 1 aromatic rings. The summed E-state index contributed by atoms with van der Waals surface area (Å²) in [6.45, 7) is 6.68. The molecule has 2 fully saturated rings. The second-order valence-electron chi connectivity index (χ2n) is 6.76. The number of rotatable bonds is 1. The van der Waals surface area contributed by atoms with Crippen LogP contribution >= 0.6 is 0 Å². The highest BCUT2D eigenvalue weighted by molar-refractivity contribution is 5.91. The van der Waals surface area contributed by atoms with Crippen molar-refractivity contribution in [2.45, 2.75) is 45.4 Å². The third-order valence-electron chi connectivity index (χ3n) is 6.17. The van der Waals surface area contributed by atoms with Crippen molar-refractivity contribution >= 4 is 11.5 Å². The molecule has 0 heterocycles. The van der Waals surface area contributed by atoms with Crippen molar-refractivity contribution in [1.29, 1.82) is 0 Å². The van der Waals surface area contributed by atoms with Crippen LogP contribution in [0.1, 0.15) is 45.6 Å². The van der Waals surface area contributed by atoms with E-state index in [0.29, 0.717) is 12.2 Å². The first-order chi connectivity index (χ1) is 8.33. The first-order valence-electron chi connectivity index (χ1n) is 6.73. The van der Waals surface area contributed by atoms with Gasteiger partial charge in [-0.25, -0.2) is 0 Å². The number of fused-ring (bicyclic) bond motifs is 2. The molecular formula is C16H21NO. The molecule has 2 nitrogen and oxygen atoms in total. The molecule has 2 aliphatic rings. The van der Waals surface area contributed by atoms with E-state index in [9.17, 15) is 4.79 Å². The fraction of sp³-hybridized carbons (Fsp3) is 0.562. The maximum Gasteiger partial charge on any atom is 0.140 e. The molecule has 2 atom stereocenters. The SMILES string of the molecule is CC12CCC(c3ccc(N)cc3)(CC1=O)C2(C)C. The van der Waals surface area contributed by atoms with Gasteiger partial charge in [0.05, 0.1) is 0 Å². The Kier molecular flexibility index (Phi) is 2.07. The average Bonchev–Trinajstić information content (AvgIpc) is 2.60. The molecule has 0 aromatic heterocycles. The lowest BCUT2D eigenvalue weighted by molar-refractivity contribution is -0.128. The van der Waals surface area contributed by atoms with Crippen LogP contribution in [0.2, 0.25) is 0 Å². The second kappa shape index (κ2) is 3.17. The minimum absolute atomic E-state index is 0.0204. The predicted octanol–water partition coefficient (Wildman–Crippen LogP) is 3.31. The van der Waals surface area contributed by atoms with Gasteiger partial charge in [-0.2, -0.15) is 0 Å². The van der Waals surface area contributed by atoms with E-state index in [0.717, 1.165) is 18.5 Å². The summed E-state index contributed by atoms with van der Waals surface area (Å²) >= 11 is 0. The molecule has 0 radical (unpaired) electrons. The molecule has 1 aromatic carbocycles. The Labute approximate surface area is 109 Å². The van der Waals surface area contributed by atoms with Gasteiger partial charge in [-0.15, -0.1) is 0 Å². The summed E-state index contributed by atoms with van der Waals surface area (Å²) in [6, 6.07) is 8.14. The Morgan fingerprint density at radius 2 is 1.67 bits per heavy atom. The van der Waals surface area contributed by atoms with Gasteiger partial charge in [-0.3, -0.25) is 4.79 Å². The highest BCUT2D eigenvalue weighted by atomic mass is 16.1. The molecule has 0 spiro atoms. The molecule has 2 heteroatoms. The van der Waals surface area contributed by atoms with Crippen molar-refractivity contribution in [3.63, 3.8) is 0 Å². The van der Waals surface area contributed by atoms with E-state index >= 15 is 0 Å². The fourth-order valence-corrected chi connectivity index (χ4v) is 4.29. The van der Waals surface area contributed by atoms with Crippen LogP contribution in [0, 0.1) is 10.8 Å². The maximum absolute atomic E-state index is 12.4. The van der Waals surface area contributed by atoms with Gasteiger partial charge in [0, 0.05) is 22.9 Å². The average molecular weight is 243 g/mol. The van der Waals surface area contributed by atoms with E-state index in [4.69, 9.17) is 5.73 Å². The smallest absolute Gasteiger partial charge is 0.140 e. The molecule has 96 valence electrons. The summed E-state index contributed by atoms with van der Waals surface area (Å²) in [5.74, 6) is 0.440. The lowest BCUT2D eigenvalue weighted by Crippen LogP contribution is -2.38. The maximum atomic E-state index is 12.4. The van der Waals surface area contributed by atoms with Crippen molar-refractivity contribution in [2.75, 3.05) is 5.73 Å². The minimum atomic E-state index is -0.144. The summed E-state index contributed by atoms with van der Waals surface area (Å²) in [4.78, 5) is 12.4. The molecular weight excluding hydrogens is 222 g/mol. The van der Waals surface area contributed by atoms with E-state index in [1.807, 2.05) is 12.1 Å². The number of nitrogen functional groups attached to an aromatic ring is 1. The third-order valence-corrected chi connectivity index (χ3v) is 6.17. The molecule has 2 N–H and O–H groups in total. The van der Waals surface area contributed by atoms with Crippen LogP contribution in [0.3, 0.4) is 0 Å². The number of benzene rings is 1. The van der Waals surface area contributed by atoms with Crippen molar-refractivity contribution in [3.8, 4) is 0 Å². The highest BCUT2D eigenvalue weighted by Gasteiger charge is 2.69. The number of hydrogen-bond acceptors (Lipinski definition) is 2. The number of hydrogen-bond donors (Lipinski definition) is 1. The standard InChI is InChI=1S/C16H21NO/c1-14(2)15(3)8-9-16(14,10-13(15)18)11-4-6-12(17)7-5-11/h4-7H,8-10,17H2,1-3H3. The van der Waals surface area contributed by atoms with E-state index in [2.05, 4.69) is 32.9 Å². The quantitative estimate of drug-likeness (QED) is 0.769. The van der Waals surface area contributed by atoms with Crippen molar-refractivity contribution in [3.05, 3.63) is 29.8 Å². The Morgan fingerprint density at radius 3 is 2.11 bits per heavy atom. The molecule has 0 amide bonds. The van der Waals surface area contributed by atoms with E-state index < -0.39 is 0 Å². The van der Waals surface area contributed by atoms with Crippen molar-refractivity contribution < 1.29 is 4.79 Å². The first-order valence-corrected chi connectivity index (χ1v) is 6.73. The topological polar surface area (TPSA) is 43.1 Å². The van der Waals surface area contributed by atoms with Crippen LogP contribution < -0.4 is 5.73 Å². The fourth-order valence-electron chi connectivity index (χ4n) is 4.29. The molecule has 0 aliphatic heterocycles. The normalized spacial score (nSPS) is 37.2. The van der Waals surface area contributed by atoms with Crippen LogP contribution in [-0.2, 0) is 10.2 Å². The Morgan fingerprint density at radius 1 is 1.06 bits per heavy atom. The van der Waals surface area contributed by atoms with Gasteiger partial charge in [0.25, 0.3) is 0 Å². The lowest BCUT2D eigenvalue weighted by atomic mass is 9.62. The lowest BCUT2D eigenvalue weighted by Gasteiger charge is -2.40. The Hall–Kier alpha value is -1.31.